The Morgan fingerprint density at radius 1 is 1.43 bits per heavy atom. The zero-order valence-electron chi connectivity index (χ0n) is 12.6. The van der Waals surface area contributed by atoms with Crippen molar-refractivity contribution in [1.29, 1.82) is 0 Å². The normalized spacial score (nSPS) is 19.8. The van der Waals surface area contributed by atoms with Gasteiger partial charge in [-0.25, -0.2) is 0 Å². The number of aromatic nitrogens is 1. The van der Waals surface area contributed by atoms with Crippen molar-refractivity contribution in [3.63, 3.8) is 0 Å². The first-order valence-corrected chi connectivity index (χ1v) is 7.33. The van der Waals surface area contributed by atoms with Crippen LogP contribution >= 0.6 is 0 Å². The lowest BCUT2D eigenvalue weighted by molar-refractivity contribution is -0.0117. The van der Waals surface area contributed by atoms with E-state index in [4.69, 9.17) is 10.5 Å². The molecule has 0 aliphatic carbocycles. The molecule has 0 spiro atoms. The summed E-state index contributed by atoms with van der Waals surface area (Å²) in [6.07, 6.45) is 0.216. The number of nitrogens with one attached hydrogen (secondary N) is 1. The van der Waals surface area contributed by atoms with Gasteiger partial charge in [-0.05, 0) is 38.2 Å². The number of hydrogen-bond donors (Lipinski definition) is 2. The molecule has 1 fully saturated rings. The van der Waals surface area contributed by atoms with Crippen LogP contribution in [0.4, 0.5) is 11.4 Å². The lowest BCUT2D eigenvalue weighted by atomic mass is 10.1. The highest BCUT2D eigenvalue weighted by Crippen LogP contribution is 2.25. The van der Waals surface area contributed by atoms with Crippen LogP contribution in [-0.2, 0) is 4.74 Å². The SMILES string of the molecule is Cc1cc(NCC2CN(C)CCO2)c2cc(N)ccc2n1. The fourth-order valence-electron chi connectivity index (χ4n) is 2.74. The molecule has 2 aromatic rings. The number of anilines is 2. The molecule has 0 saturated carbocycles. The van der Waals surface area contributed by atoms with Crippen molar-refractivity contribution in [3.05, 3.63) is 30.0 Å². The minimum atomic E-state index is 0.216. The Kier molecular flexibility index (Phi) is 3.94. The number of likely N-dealkylation sites (N-methyl/N-ethyl adjacent to an activating group) is 1. The summed E-state index contributed by atoms with van der Waals surface area (Å²) in [5.74, 6) is 0. The van der Waals surface area contributed by atoms with Gasteiger partial charge in [-0.2, -0.15) is 0 Å². The molecule has 5 heteroatoms. The third-order valence-corrected chi connectivity index (χ3v) is 3.82. The van der Waals surface area contributed by atoms with E-state index in [1.165, 1.54) is 0 Å². The van der Waals surface area contributed by atoms with Gasteiger partial charge in [0.15, 0.2) is 0 Å². The summed E-state index contributed by atoms with van der Waals surface area (Å²) in [7, 11) is 2.13. The first-order chi connectivity index (χ1) is 10.1. The Labute approximate surface area is 125 Å². The van der Waals surface area contributed by atoms with Gasteiger partial charge in [0.1, 0.15) is 0 Å². The number of pyridine rings is 1. The number of nitrogens with two attached hydrogens (primary N) is 1. The van der Waals surface area contributed by atoms with Gasteiger partial charge in [0.05, 0.1) is 18.2 Å². The minimum absolute atomic E-state index is 0.216. The second-order valence-corrected chi connectivity index (χ2v) is 5.72. The molecule has 1 unspecified atom stereocenters. The van der Waals surface area contributed by atoms with Crippen LogP contribution in [0.15, 0.2) is 24.3 Å². The summed E-state index contributed by atoms with van der Waals surface area (Å²) >= 11 is 0. The number of nitrogen functional groups attached to an aromatic ring is 1. The standard InChI is InChI=1S/C16H22N4O/c1-11-7-16(14-8-12(17)3-4-15(14)19-11)18-9-13-10-20(2)5-6-21-13/h3-4,7-8,13H,5-6,9-10,17H2,1-2H3,(H,18,19). The third kappa shape index (κ3) is 3.25. The molecule has 21 heavy (non-hydrogen) atoms. The average molecular weight is 286 g/mol. The zero-order chi connectivity index (χ0) is 14.8. The molecule has 0 bridgehead atoms. The topological polar surface area (TPSA) is 63.4 Å². The van der Waals surface area contributed by atoms with Crippen LogP contribution in [0, 0.1) is 6.92 Å². The Balaban J connectivity index is 1.81. The molecular weight excluding hydrogens is 264 g/mol. The molecule has 3 N–H and O–H groups in total. The van der Waals surface area contributed by atoms with Crippen molar-refractivity contribution in [1.82, 2.24) is 9.88 Å². The van der Waals surface area contributed by atoms with Gasteiger partial charge in [-0.3, -0.25) is 4.98 Å². The molecule has 0 amide bonds. The lowest BCUT2D eigenvalue weighted by Gasteiger charge is -2.30. The van der Waals surface area contributed by atoms with Gasteiger partial charge in [-0.1, -0.05) is 0 Å². The molecule has 1 aromatic heterocycles. The Morgan fingerprint density at radius 3 is 3.10 bits per heavy atom. The molecule has 1 atom stereocenters. The highest BCUT2D eigenvalue weighted by molar-refractivity contribution is 5.93. The fraction of sp³-hybridized carbons (Fsp3) is 0.438. The van der Waals surface area contributed by atoms with E-state index in [9.17, 15) is 0 Å². The summed E-state index contributed by atoms with van der Waals surface area (Å²) in [5, 5.41) is 4.56. The summed E-state index contributed by atoms with van der Waals surface area (Å²) < 4.78 is 5.79. The van der Waals surface area contributed by atoms with Crippen molar-refractivity contribution < 1.29 is 4.74 Å². The summed E-state index contributed by atoms with van der Waals surface area (Å²) in [6.45, 7) is 5.55. The number of ether oxygens (including phenoxy) is 1. The maximum absolute atomic E-state index is 5.90. The van der Waals surface area contributed by atoms with Crippen LogP contribution < -0.4 is 11.1 Å². The molecule has 1 aliphatic rings. The van der Waals surface area contributed by atoms with Crippen molar-refractivity contribution in [2.75, 3.05) is 44.3 Å². The highest BCUT2D eigenvalue weighted by atomic mass is 16.5. The number of hydrogen-bond acceptors (Lipinski definition) is 5. The highest BCUT2D eigenvalue weighted by Gasteiger charge is 2.17. The van der Waals surface area contributed by atoms with Crippen molar-refractivity contribution in [2.45, 2.75) is 13.0 Å². The molecule has 0 radical (unpaired) electrons. The van der Waals surface area contributed by atoms with Crippen molar-refractivity contribution in [2.24, 2.45) is 0 Å². The van der Waals surface area contributed by atoms with Gasteiger partial charge in [0.25, 0.3) is 0 Å². The number of nitrogens with zero attached hydrogens (tertiary/aromatic N) is 2. The van der Waals surface area contributed by atoms with E-state index < -0.39 is 0 Å². The fourth-order valence-corrected chi connectivity index (χ4v) is 2.74. The third-order valence-electron chi connectivity index (χ3n) is 3.82. The number of benzene rings is 1. The average Bonchev–Trinajstić information content (AvgIpc) is 2.45. The molecule has 2 heterocycles. The first kappa shape index (κ1) is 14.1. The van der Waals surface area contributed by atoms with E-state index in [-0.39, 0.29) is 6.10 Å². The van der Waals surface area contributed by atoms with Crippen LogP contribution in [0.1, 0.15) is 5.69 Å². The summed E-state index contributed by atoms with van der Waals surface area (Å²) in [4.78, 5) is 6.84. The van der Waals surface area contributed by atoms with E-state index in [1.54, 1.807) is 0 Å². The summed E-state index contributed by atoms with van der Waals surface area (Å²) in [5.41, 5.74) is 9.69. The molecule has 5 nitrogen and oxygen atoms in total. The number of aryl methyl sites for hydroxylation is 1. The number of morpholine rings is 1. The second kappa shape index (κ2) is 5.87. The predicted octanol–water partition coefficient (Wildman–Crippen LogP) is 1.87. The first-order valence-electron chi connectivity index (χ1n) is 7.33. The van der Waals surface area contributed by atoms with Crippen molar-refractivity contribution >= 4 is 22.3 Å². The summed E-state index contributed by atoms with van der Waals surface area (Å²) in [6, 6.07) is 7.89. The smallest absolute Gasteiger partial charge is 0.0874 e. The van der Waals surface area contributed by atoms with E-state index in [0.29, 0.717) is 0 Å². The van der Waals surface area contributed by atoms with E-state index in [0.717, 1.165) is 54.2 Å². The molecule has 1 saturated heterocycles. The van der Waals surface area contributed by atoms with Gasteiger partial charge >= 0.3 is 0 Å². The number of rotatable bonds is 3. The zero-order valence-corrected chi connectivity index (χ0v) is 12.6. The van der Waals surface area contributed by atoms with Crippen LogP contribution in [0.2, 0.25) is 0 Å². The minimum Gasteiger partial charge on any atom is -0.399 e. The monoisotopic (exact) mass is 286 g/mol. The molecule has 3 rings (SSSR count). The van der Waals surface area contributed by atoms with Crippen LogP contribution in [0.3, 0.4) is 0 Å². The van der Waals surface area contributed by atoms with Crippen LogP contribution in [0.5, 0.6) is 0 Å². The maximum Gasteiger partial charge on any atom is 0.0874 e. The number of fused-ring (bicyclic) bond motifs is 1. The maximum atomic E-state index is 5.90. The van der Waals surface area contributed by atoms with E-state index >= 15 is 0 Å². The van der Waals surface area contributed by atoms with Gasteiger partial charge in [0, 0.05) is 42.1 Å². The van der Waals surface area contributed by atoms with Gasteiger partial charge in [0.2, 0.25) is 0 Å². The van der Waals surface area contributed by atoms with Crippen LogP contribution in [-0.4, -0.2) is 49.3 Å². The van der Waals surface area contributed by atoms with Crippen molar-refractivity contribution in [3.8, 4) is 0 Å². The van der Waals surface area contributed by atoms with Gasteiger partial charge in [-0.15, -0.1) is 0 Å². The molecule has 1 aliphatic heterocycles. The lowest BCUT2D eigenvalue weighted by Crippen LogP contribution is -2.43. The van der Waals surface area contributed by atoms with E-state index in [2.05, 4.69) is 28.3 Å². The predicted molar refractivity (Wildman–Crippen MR) is 86.6 cm³/mol. The second-order valence-electron chi connectivity index (χ2n) is 5.72. The Bertz CT molecular complexity index is 643. The Hall–Kier alpha value is -1.85. The largest absolute Gasteiger partial charge is 0.399 e. The molecular formula is C16H22N4O. The van der Waals surface area contributed by atoms with E-state index in [1.807, 2.05) is 25.1 Å². The molecule has 1 aromatic carbocycles. The molecule has 112 valence electrons. The Morgan fingerprint density at radius 2 is 2.29 bits per heavy atom. The van der Waals surface area contributed by atoms with Crippen LogP contribution in [0.25, 0.3) is 10.9 Å². The van der Waals surface area contributed by atoms with Gasteiger partial charge < -0.3 is 20.7 Å². The quantitative estimate of drug-likeness (QED) is 0.843.